The highest BCUT2D eigenvalue weighted by atomic mass is 32.2. The first-order valence-corrected chi connectivity index (χ1v) is 14.6. The molecule has 0 radical (unpaired) electrons. The van der Waals surface area contributed by atoms with E-state index in [4.69, 9.17) is 16.5 Å². The van der Waals surface area contributed by atoms with Crippen LogP contribution in [0.1, 0.15) is 6.42 Å². The molecule has 0 spiro atoms. The summed E-state index contributed by atoms with van der Waals surface area (Å²) < 4.78 is 28.6. The van der Waals surface area contributed by atoms with Gasteiger partial charge in [0.15, 0.2) is 0 Å². The number of aromatic nitrogens is 5. The van der Waals surface area contributed by atoms with Crippen LogP contribution >= 0.6 is 0 Å². The first kappa shape index (κ1) is 26.2. The van der Waals surface area contributed by atoms with Crippen molar-refractivity contribution in [3.63, 3.8) is 0 Å². The van der Waals surface area contributed by atoms with Crippen molar-refractivity contribution < 1.29 is 8.42 Å². The minimum absolute atomic E-state index is 0.0657. The SMILES string of the molecule is N[C@@H]1C[C@H](N)CN(c2nc(Nc3ccc(S(=O)(=O)Nc4ccc5cn[nH]c5c4)cc3)nc(N3CCNCC3)n2)C1. The van der Waals surface area contributed by atoms with E-state index < -0.39 is 10.0 Å². The number of nitrogens with two attached hydrogens (primary N) is 2. The van der Waals surface area contributed by atoms with Crippen molar-refractivity contribution in [2.45, 2.75) is 23.4 Å². The number of rotatable bonds is 7. The smallest absolute Gasteiger partial charge is 0.261 e. The Morgan fingerprint density at radius 3 is 2.27 bits per heavy atom. The van der Waals surface area contributed by atoms with Crippen LogP contribution in [0, 0.1) is 0 Å². The summed E-state index contributed by atoms with van der Waals surface area (Å²) in [5, 5.41) is 14.3. The van der Waals surface area contributed by atoms with E-state index in [0.29, 0.717) is 42.3 Å². The molecular weight excluding hydrogens is 532 g/mol. The van der Waals surface area contributed by atoms with Gasteiger partial charge in [-0.1, -0.05) is 0 Å². The zero-order valence-corrected chi connectivity index (χ0v) is 22.6. The minimum Gasteiger partial charge on any atom is -0.338 e. The van der Waals surface area contributed by atoms with Crippen molar-refractivity contribution in [2.24, 2.45) is 11.5 Å². The molecule has 2 saturated heterocycles. The number of anilines is 5. The maximum absolute atomic E-state index is 13.0. The zero-order chi connectivity index (χ0) is 27.7. The van der Waals surface area contributed by atoms with Gasteiger partial charge in [-0.2, -0.15) is 20.1 Å². The fourth-order valence-electron chi connectivity index (χ4n) is 4.96. The molecule has 210 valence electrons. The Bertz CT molecular complexity index is 1580. The molecule has 4 heterocycles. The van der Waals surface area contributed by atoms with Gasteiger partial charge >= 0.3 is 0 Å². The van der Waals surface area contributed by atoms with Gasteiger partial charge in [0.05, 0.1) is 22.3 Å². The van der Waals surface area contributed by atoms with E-state index in [2.05, 4.69) is 40.4 Å². The molecule has 2 aromatic carbocycles. The summed E-state index contributed by atoms with van der Waals surface area (Å²) in [5.74, 6) is 1.43. The molecule has 8 N–H and O–H groups in total. The Morgan fingerprint density at radius 2 is 1.55 bits per heavy atom. The van der Waals surface area contributed by atoms with Gasteiger partial charge in [-0.25, -0.2) is 8.42 Å². The number of hydrogen-bond acceptors (Lipinski definition) is 12. The number of nitrogens with zero attached hydrogens (tertiary/aromatic N) is 6. The lowest BCUT2D eigenvalue weighted by atomic mass is 10.0. The Hall–Kier alpha value is -4.05. The lowest BCUT2D eigenvalue weighted by molar-refractivity contribution is 0.446. The number of sulfonamides is 1. The standard InChI is InChI=1S/C25H32N12O2S/c26-17-11-18(27)15-37(14-17)25-32-23(31-24(33-25)36-9-7-28-8-10-36)30-19-3-5-21(6-4-19)40(38,39)35-20-2-1-16-13-29-34-22(16)12-20/h1-6,12-13,17-18,28,35H,7-11,14-15,26-27H2,(H,29,34)(H,30,31,32,33)/t17-,18+. The first-order chi connectivity index (χ1) is 19.3. The molecule has 0 unspecified atom stereocenters. The maximum atomic E-state index is 13.0. The van der Waals surface area contributed by atoms with Crippen molar-refractivity contribution in [1.82, 2.24) is 30.5 Å². The van der Waals surface area contributed by atoms with Crippen LogP contribution in [0.5, 0.6) is 0 Å². The highest BCUT2D eigenvalue weighted by molar-refractivity contribution is 7.92. The Morgan fingerprint density at radius 1 is 0.875 bits per heavy atom. The molecule has 2 atom stereocenters. The number of aromatic amines is 1. The molecule has 2 aliphatic heterocycles. The van der Waals surface area contributed by atoms with Gasteiger partial charge in [-0.05, 0) is 48.9 Å². The summed E-state index contributed by atoms with van der Waals surface area (Å²) in [6.45, 7) is 4.42. The first-order valence-electron chi connectivity index (χ1n) is 13.1. The largest absolute Gasteiger partial charge is 0.338 e. The van der Waals surface area contributed by atoms with Crippen LogP contribution in [0.3, 0.4) is 0 Å². The van der Waals surface area contributed by atoms with Crippen LogP contribution in [0.25, 0.3) is 10.9 Å². The highest BCUT2D eigenvalue weighted by Gasteiger charge is 2.26. The molecule has 0 saturated carbocycles. The van der Waals surface area contributed by atoms with Crippen molar-refractivity contribution in [3.8, 4) is 0 Å². The van der Waals surface area contributed by atoms with E-state index in [1.807, 2.05) is 4.90 Å². The molecule has 6 rings (SSSR count). The Balaban J connectivity index is 1.22. The van der Waals surface area contributed by atoms with Gasteiger partial charge in [-0.3, -0.25) is 9.82 Å². The monoisotopic (exact) mass is 564 g/mol. The number of nitrogens with one attached hydrogen (secondary N) is 4. The Labute approximate surface area is 231 Å². The normalized spacial score (nSPS) is 20.1. The molecule has 40 heavy (non-hydrogen) atoms. The summed E-state index contributed by atoms with van der Waals surface area (Å²) in [6, 6.07) is 11.5. The highest BCUT2D eigenvalue weighted by Crippen LogP contribution is 2.25. The number of benzene rings is 2. The van der Waals surface area contributed by atoms with Crippen molar-refractivity contribution in [1.29, 1.82) is 0 Å². The van der Waals surface area contributed by atoms with Gasteiger partial charge in [0.2, 0.25) is 17.8 Å². The third-order valence-electron chi connectivity index (χ3n) is 6.92. The average Bonchev–Trinajstić information content (AvgIpc) is 3.41. The predicted molar refractivity (Wildman–Crippen MR) is 154 cm³/mol. The molecule has 4 aromatic rings. The van der Waals surface area contributed by atoms with E-state index in [9.17, 15) is 8.42 Å². The minimum atomic E-state index is -3.80. The number of piperazine rings is 1. The third kappa shape index (κ3) is 5.77. The average molecular weight is 565 g/mol. The molecule has 0 bridgehead atoms. The van der Waals surface area contributed by atoms with E-state index in [1.54, 1.807) is 36.5 Å². The van der Waals surface area contributed by atoms with Crippen LogP contribution in [-0.4, -0.2) is 84.9 Å². The van der Waals surface area contributed by atoms with E-state index in [0.717, 1.165) is 43.5 Å². The third-order valence-corrected chi connectivity index (χ3v) is 8.32. The van der Waals surface area contributed by atoms with Crippen LogP contribution in [0.15, 0.2) is 53.6 Å². The Kier molecular flexibility index (Phi) is 7.10. The molecule has 15 heteroatoms. The second-order valence-corrected chi connectivity index (χ2v) is 11.8. The zero-order valence-electron chi connectivity index (χ0n) is 21.8. The summed E-state index contributed by atoms with van der Waals surface area (Å²) in [4.78, 5) is 18.3. The van der Waals surface area contributed by atoms with E-state index in [-0.39, 0.29) is 17.0 Å². The molecule has 2 fully saturated rings. The van der Waals surface area contributed by atoms with Gasteiger partial charge in [0.1, 0.15) is 0 Å². The lowest BCUT2D eigenvalue weighted by Gasteiger charge is -2.35. The van der Waals surface area contributed by atoms with Crippen LogP contribution in [0.4, 0.5) is 29.2 Å². The van der Waals surface area contributed by atoms with Crippen LogP contribution in [0.2, 0.25) is 0 Å². The summed E-state index contributed by atoms with van der Waals surface area (Å²) in [7, 11) is -3.80. The molecular formula is C25H32N12O2S. The number of H-pyrrole nitrogens is 1. The second-order valence-electron chi connectivity index (χ2n) is 10.1. The molecule has 14 nitrogen and oxygen atoms in total. The topological polar surface area (TPSA) is 196 Å². The van der Waals surface area contributed by atoms with Crippen molar-refractivity contribution >= 4 is 50.1 Å². The molecule has 0 amide bonds. The van der Waals surface area contributed by atoms with Crippen LogP contribution in [-0.2, 0) is 10.0 Å². The van der Waals surface area contributed by atoms with Gasteiger partial charge in [0, 0.05) is 62.4 Å². The number of piperidine rings is 1. The van der Waals surface area contributed by atoms with E-state index in [1.165, 1.54) is 12.1 Å². The number of fused-ring (bicyclic) bond motifs is 1. The molecule has 0 aliphatic carbocycles. The molecule has 2 aliphatic rings. The van der Waals surface area contributed by atoms with Gasteiger partial charge in [-0.15, -0.1) is 0 Å². The maximum Gasteiger partial charge on any atom is 0.261 e. The van der Waals surface area contributed by atoms with Crippen molar-refractivity contribution in [3.05, 3.63) is 48.7 Å². The predicted octanol–water partition coefficient (Wildman–Crippen LogP) is 0.567. The van der Waals surface area contributed by atoms with E-state index >= 15 is 0 Å². The fourth-order valence-corrected chi connectivity index (χ4v) is 6.01. The second kappa shape index (κ2) is 10.8. The summed E-state index contributed by atoms with van der Waals surface area (Å²) in [6.07, 6.45) is 2.43. The van der Waals surface area contributed by atoms with Gasteiger partial charge < -0.3 is 31.9 Å². The fraction of sp³-hybridized carbons (Fsp3) is 0.360. The summed E-state index contributed by atoms with van der Waals surface area (Å²) in [5.41, 5.74) is 14.3. The van der Waals surface area contributed by atoms with Crippen molar-refractivity contribution in [2.75, 3.05) is 59.1 Å². The quantitative estimate of drug-likeness (QED) is 0.183. The lowest BCUT2D eigenvalue weighted by Crippen LogP contribution is -2.53. The molecule has 2 aromatic heterocycles. The van der Waals surface area contributed by atoms with Gasteiger partial charge in [0.25, 0.3) is 10.0 Å². The number of hydrogen-bond donors (Lipinski definition) is 6. The van der Waals surface area contributed by atoms with Crippen LogP contribution < -0.4 is 36.6 Å². The summed E-state index contributed by atoms with van der Waals surface area (Å²) >= 11 is 0.